The average molecular weight is 202 g/mol. The fourth-order valence-electron chi connectivity index (χ4n) is 0.868. The summed E-state index contributed by atoms with van der Waals surface area (Å²) in [6.07, 6.45) is 0.240. The van der Waals surface area contributed by atoms with Gasteiger partial charge in [-0.3, -0.25) is 9.59 Å². The molecule has 0 spiro atoms. The predicted octanol–water partition coefficient (Wildman–Crippen LogP) is 1.39. The Bertz CT molecular complexity index is 379. The molecule has 5 heteroatoms. The van der Waals surface area contributed by atoms with Crippen molar-refractivity contribution in [2.24, 2.45) is 5.73 Å². The molecule has 0 aliphatic carbocycles. The molecular weight excluding hydrogens is 197 g/mol. The summed E-state index contributed by atoms with van der Waals surface area (Å²) >= 11 is 5.54. The number of aldehydes is 1. The van der Waals surface area contributed by atoms with Crippen LogP contribution in [0.1, 0.15) is 20.7 Å². The smallest absolute Gasteiger partial charge is 0.250 e. The first-order valence-corrected chi connectivity index (χ1v) is 3.68. The van der Waals surface area contributed by atoms with Gasteiger partial charge in [0.15, 0.2) is 6.29 Å². The van der Waals surface area contributed by atoms with Crippen molar-refractivity contribution < 1.29 is 14.0 Å². The molecule has 0 atom stereocenters. The van der Waals surface area contributed by atoms with Gasteiger partial charge in [0, 0.05) is 0 Å². The van der Waals surface area contributed by atoms with Crippen molar-refractivity contribution in [1.29, 1.82) is 0 Å². The van der Waals surface area contributed by atoms with Crippen LogP contribution in [0.25, 0.3) is 0 Å². The molecule has 0 saturated heterocycles. The second kappa shape index (κ2) is 3.53. The molecule has 0 aliphatic rings. The summed E-state index contributed by atoms with van der Waals surface area (Å²) in [6, 6.07) is 2.10. The van der Waals surface area contributed by atoms with Crippen LogP contribution in [0.5, 0.6) is 0 Å². The number of hydrogen-bond acceptors (Lipinski definition) is 2. The van der Waals surface area contributed by atoms with Crippen molar-refractivity contribution in [3.63, 3.8) is 0 Å². The van der Waals surface area contributed by atoms with Crippen LogP contribution in [-0.4, -0.2) is 12.2 Å². The zero-order chi connectivity index (χ0) is 10.0. The van der Waals surface area contributed by atoms with E-state index in [1.165, 1.54) is 0 Å². The molecule has 1 aromatic rings. The number of carbonyl (C=O) groups is 2. The maximum absolute atomic E-state index is 12.8. The van der Waals surface area contributed by atoms with Crippen molar-refractivity contribution in [2.45, 2.75) is 0 Å². The lowest BCUT2D eigenvalue weighted by atomic mass is 10.1. The van der Waals surface area contributed by atoms with E-state index in [-0.39, 0.29) is 22.4 Å². The molecule has 0 heterocycles. The van der Waals surface area contributed by atoms with Crippen LogP contribution in [0.15, 0.2) is 12.1 Å². The maximum atomic E-state index is 12.8. The molecule has 0 bridgehead atoms. The molecule has 1 aromatic carbocycles. The Morgan fingerprint density at radius 3 is 2.62 bits per heavy atom. The van der Waals surface area contributed by atoms with Crippen molar-refractivity contribution in [3.8, 4) is 0 Å². The van der Waals surface area contributed by atoms with Gasteiger partial charge in [-0.1, -0.05) is 11.6 Å². The molecule has 1 amide bonds. The zero-order valence-corrected chi connectivity index (χ0v) is 7.14. The summed E-state index contributed by atoms with van der Waals surface area (Å²) in [5.74, 6) is -1.57. The SMILES string of the molecule is NC(=O)c1ccc(F)c(C=O)c1Cl. The number of amides is 1. The molecule has 0 radical (unpaired) electrons. The lowest BCUT2D eigenvalue weighted by Gasteiger charge is -2.02. The monoisotopic (exact) mass is 201 g/mol. The van der Waals surface area contributed by atoms with Crippen LogP contribution in [0.2, 0.25) is 5.02 Å². The highest BCUT2D eigenvalue weighted by Crippen LogP contribution is 2.21. The molecule has 0 saturated carbocycles. The summed E-state index contributed by atoms with van der Waals surface area (Å²) in [5, 5.41) is -0.248. The van der Waals surface area contributed by atoms with E-state index < -0.39 is 11.7 Å². The quantitative estimate of drug-likeness (QED) is 0.735. The van der Waals surface area contributed by atoms with E-state index in [9.17, 15) is 14.0 Å². The molecular formula is C8H5ClFNO2. The van der Waals surface area contributed by atoms with Gasteiger partial charge in [0.25, 0.3) is 0 Å². The van der Waals surface area contributed by atoms with Crippen molar-refractivity contribution >= 4 is 23.8 Å². The van der Waals surface area contributed by atoms with E-state index in [0.29, 0.717) is 0 Å². The fourth-order valence-corrected chi connectivity index (χ4v) is 1.16. The minimum atomic E-state index is -0.798. The van der Waals surface area contributed by atoms with Gasteiger partial charge in [-0.15, -0.1) is 0 Å². The van der Waals surface area contributed by atoms with Gasteiger partial charge in [-0.2, -0.15) is 0 Å². The van der Waals surface area contributed by atoms with E-state index in [2.05, 4.69) is 0 Å². The third kappa shape index (κ3) is 1.67. The van der Waals surface area contributed by atoms with Crippen LogP contribution < -0.4 is 5.73 Å². The second-order valence-electron chi connectivity index (χ2n) is 2.30. The van der Waals surface area contributed by atoms with E-state index in [4.69, 9.17) is 17.3 Å². The summed E-state index contributed by atoms with van der Waals surface area (Å²) in [7, 11) is 0. The fraction of sp³-hybridized carbons (Fsp3) is 0. The zero-order valence-electron chi connectivity index (χ0n) is 6.38. The Labute approximate surface area is 78.3 Å². The van der Waals surface area contributed by atoms with E-state index >= 15 is 0 Å². The number of rotatable bonds is 2. The number of hydrogen-bond donors (Lipinski definition) is 1. The van der Waals surface area contributed by atoms with Gasteiger partial charge < -0.3 is 5.73 Å². The summed E-state index contributed by atoms with van der Waals surface area (Å²) in [5.41, 5.74) is 4.51. The number of primary amides is 1. The van der Waals surface area contributed by atoms with Crippen LogP contribution in [0.4, 0.5) is 4.39 Å². The number of halogens is 2. The first-order valence-electron chi connectivity index (χ1n) is 3.31. The highest BCUT2D eigenvalue weighted by atomic mass is 35.5. The van der Waals surface area contributed by atoms with Crippen molar-refractivity contribution in [3.05, 3.63) is 34.1 Å². The molecule has 0 aromatic heterocycles. The Hall–Kier alpha value is -1.42. The third-order valence-corrected chi connectivity index (χ3v) is 1.92. The predicted molar refractivity (Wildman–Crippen MR) is 45.3 cm³/mol. The van der Waals surface area contributed by atoms with E-state index in [1.54, 1.807) is 0 Å². The Morgan fingerprint density at radius 1 is 1.54 bits per heavy atom. The molecule has 13 heavy (non-hydrogen) atoms. The Morgan fingerprint density at radius 2 is 2.15 bits per heavy atom. The van der Waals surface area contributed by atoms with Crippen LogP contribution >= 0.6 is 11.6 Å². The number of nitrogens with two attached hydrogens (primary N) is 1. The van der Waals surface area contributed by atoms with Crippen molar-refractivity contribution in [1.82, 2.24) is 0 Å². The normalized spacial score (nSPS) is 9.69. The standard InChI is InChI=1S/C8H5ClFNO2/c9-7-4(8(11)13)1-2-6(10)5(7)3-12/h1-3H,(H2,11,13). The van der Waals surface area contributed by atoms with Crippen molar-refractivity contribution in [2.75, 3.05) is 0 Å². The van der Waals surface area contributed by atoms with Gasteiger partial charge in [0.1, 0.15) is 5.82 Å². The van der Waals surface area contributed by atoms with Crippen LogP contribution in [0.3, 0.4) is 0 Å². The molecule has 1 rings (SSSR count). The highest BCUT2D eigenvalue weighted by molar-refractivity contribution is 6.36. The minimum Gasteiger partial charge on any atom is -0.366 e. The van der Waals surface area contributed by atoms with Gasteiger partial charge in [0.05, 0.1) is 16.1 Å². The lowest BCUT2D eigenvalue weighted by Crippen LogP contribution is -2.12. The minimum absolute atomic E-state index is 0.0647. The maximum Gasteiger partial charge on any atom is 0.250 e. The van der Waals surface area contributed by atoms with E-state index in [1.807, 2.05) is 0 Å². The number of benzene rings is 1. The summed E-state index contributed by atoms with van der Waals surface area (Å²) in [6.45, 7) is 0. The van der Waals surface area contributed by atoms with Gasteiger partial charge in [-0.05, 0) is 12.1 Å². The highest BCUT2D eigenvalue weighted by Gasteiger charge is 2.13. The largest absolute Gasteiger partial charge is 0.366 e. The molecule has 0 unspecified atom stereocenters. The molecule has 0 aliphatic heterocycles. The van der Waals surface area contributed by atoms with Gasteiger partial charge >= 0.3 is 0 Å². The molecule has 0 fully saturated rings. The van der Waals surface area contributed by atoms with Gasteiger partial charge in [0.2, 0.25) is 5.91 Å². The molecule has 3 nitrogen and oxygen atoms in total. The first-order chi connectivity index (χ1) is 6.07. The third-order valence-electron chi connectivity index (χ3n) is 1.51. The molecule has 68 valence electrons. The Balaban J connectivity index is 3.44. The number of carbonyl (C=O) groups excluding carboxylic acids is 2. The lowest BCUT2D eigenvalue weighted by molar-refractivity contribution is 0.100. The van der Waals surface area contributed by atoms with E-state index in [0.717, 1.165) is 12.1 Å². The summed E-state index contributed by atoms with van der Waals surface area (Å²) < 4.78 is 12.8. The second-order valence-corrected chi connectivity index (χ2v) is 2.68. The van der Waals surface area contributed by atoms with Crippen LogP contribution in [-0.2, 0) is 0 Å². The first kappa shape index (κ1) is 9.67. The Kier molecular flexibility index (Phi) is 2.63. The van der Waals surface area contributed by atoms with Crippen LogP contribution in [0, 0.1) is 5.82 Å². The topological polar surface area (TPSA) is 60.2 Å². The molecule has 2 N–H and O–H groups in total. The van der Waals surface area contributed by atoms with Gasteiger partial charge in [-0.25, -0.2) is 4.39 Å². The average Bonchev–Trinajstić information content (AvgIpc) is 2.04. The summed E-state index contributed by atoms with van der Waals surface area (Å²) in [4.78, 5) is 21.0.